The van der Waals surface area contributed by atoms with Gasteiger partial charge in [-0.25, -0.2) is 18.5 Å². The molecule has 41 heavy (non-hydrogen) atoms. The van der Waals surface area contributed by atoms with Gasteiger partial charge in [0.25, 0.3) is 0 Å². The normalized spacial score (nSPS) is 13.7. The third-order valence-corrected chi connectivity index (χ3v) is 6.39. The first-order valence-corrected chi connectivity index (χ1v) is 13.7. The lowest BCUT2D eigenvalue weighted by Crippen LogP contribution is -2.37. The van der Waals surface area contributed by atoms with Crippen LogP contribution in [0.1, 0.15) is 0 Å². The lowest BCUT2D eigenvalue weighted by atomic mass is 10.1. The Morgan fingerprint density at radius 3 is 2.78 bits per heavy atom. The van der Waals surface area contributed by atoms with Crippen molar-refractivity contribution in [2.45, 2.75) is 0 Å². The van der Waals surface area contributed by atoms with Gasteiger partial charge in [0.15, 0.2) is 24.0 Å². The fourth-order valence-corrected chi connectivity index (χ4v) is 4.38. The molecule has 2 aromatic heterocycles. The summed E-state index contributed by atoms with van der Waals surface area (Å²) in [6, 6.07) is 9.66. The Kier molecular flexibility index (Phi) is 8.23. The molecule has 1 fully saturated rings. The molecule has 1 amide bonds. The molecule has 14 nitrogen and oxygen atoms in total. The van der Waals surface area contributed by atoms with E-state index in [9.17, 15) is 9.36 Å². The predicted octanol–water partition coefficient (Wildman–Crippen LogP) is 3.31. The number of aromatic amines is 1. The van der Waals surface area contributed by atoms with E-state index < -0.39 is 20.4 Å². The van der Waals surface area contributed by atoms with Crippen LogP contribution in [0.3, 0.4) is 0 Å². The number of anilines is 4. The molecule has 1 aliphatic rings. The van der Waals surface area contributed by atoms with Gasteiger partial charge in [0, 0.05) is 36.1 Å². The van der Waals surface area contributed by atoms with Crippen molar-refractivity contribution in [1.29, 1.82) is 0 Å². The first-order valence-electron chi connectivity index (χ1n) is 12.2. The molecule has 16 heteroatoms. The molecular weight excluding hydrogens is 560 g/mol. The summed E-state index contributed by atoms with van der Waals surface area (Å²) in [5, 5.41) is 13.1. The van der Waals surface area contributed by atoms with Gasteiger partial charge in [-0.3, -0.25) is 9.89 Å². The molecule has 0 aliphatic carbocycles. The van der Waals surface area contributed by atoms with Gasteiger partial charge in [-0.2, -0.15) is 10.1 Å². The van der Waals surface area contributed by atoms with Gasteiger partial charge in [0.1, 0.15) is 5.69 Å². The summed E-state index contributed by atoms with van der Waals surface area (Å²) in [5.41, 5.74) is 2.35. The highest BCUT2D eigenvalue weighted by Gasteiger charge is 2.23. The van der Waals surface area contributed by atoms with Crippen molar-refractivity contribution in [3.8, 4) is 17.0 Å². The molecule has 2 aromatic carbocycles. The monoisotopic (exact) mass is 585 g/mol. The van der Waals surface area contributed by atoms with Crippen LogP contribution in [0.2, 0.25) is 0 Å². The number of nitrogens with zero attached hydrogens (tertiary/aromatic N) is 4. The second-order valence-electron chi connectivity index (χ2n) is 8.71. The maximum Gasteiger partial charge on any atom is 0.472 e. The van der Waals surface area contributed by atoms with E-state index in [-0.39, 0.29) is 29.0 Å². The molecular formula is C25H25FN7O7P. The number of phosphoric acid groups is 1. The fourth-order valence-electron chi connectivity index (χ4n) is 4.19. The van der Waals surface area contributed by atoms with Crippen LogP contribution in [0.15, 0.2) is 55.3 Å². The number of fused-ring (bicyclic) bond motifs is 1. The molecule has 4 aromatic rings. The minimum atomic E-state index is -4.82. The first kappa shape index (κ1) is 28.1. The van der Waals surface area contributed by atoms with Crippen molar-refractivity contribution in [3.05, 3.63) is 61.1 Å². The molecule has 0 bridgehead atoms. The lowest BCUT2D eigenvalue weighted by Gasteiger charge is -2.30. The number of phosphoric ester groups is 1. The zero-order valence-corrected chi connectivity index (χ0v) is 22.3. The molecule has 5 rings (SSSR count). The number of benzene rings is 2. The van der Waals surface area contributed by atoms with Crippen LogP contribution < -0.4 is 20.3 Å². The van der Waals surface area contributed by atoms with Gasteiger partial charge in [0.05, 0.1) is 30.5 Å². The number of aromatic nitrogens is 4. The molecule has 1 saturated heterocycles. The summed E-state index contributed by atoms with van der Waals surface area (Å²) >= 11 is 0. The van der Waals surface area contributed by atoms with Gasteiger partial charge in [-0.15, -0.1) is 0 Å². The number of carbonyl (C=O) groups is 1. The summed E-state index contributed by atoms with van der Waals surface area (Å²) in [5.74, 6) is -0.950. The highest BCUT2D eigenvalue weighted by Crippen LogP contribution is 2.39. The number of carbonyl (C=O) groups excluding carboxylic acids is 1. The van der Waals surface area contributed by atoms with Crippen LogP contribution in [0.4, 0.5) is 27.4 Å². The summed E-state index contributed by atoms with van der Waals surface area (Å²) in [6.07, 6.45) is 2.72. The number of ether oxygens (including phenoxy) is 2. The van der Waals surface area contributed by atoms with Gasteiger partial charge >= 0.3 is 7.82 Å². The van der Waals surface area contributed by atoms with Crippen LogP contribution in [-0.2, 0) is 18.6 Å². The van der Waals surface area contributed by atoms with Gasteiger partial charge in [-0.1, -0.05) is 18.7 Å². The molecule has 0 radical (unpaired) electrons. The summed E-state index contributed by atoms with van der Waals surface area (Å²) in [6.45, 7) is 4.15. The second kappa shape index (κ2) is 12.0. The number of morpholine rings is 1. The number of rotatable bonds is 10. The van der Waals surface area contributed by atoms with E-state index in [0.717, 1.165) is 6.08 Å². The summed E-state index contributed by atoms with van der Waals surface area (Å²) in [4.78, 5) is 40.6. The smallest absolute Gasteiger partial charge is 0.465 e. The number of H-pyrrole nitrogens is 1. The Morgan fingerprint density at radius 2 is 2.02 bits per heavy atom. The Morgan fingerprint density at radius 1 is 1.22 bits per heavy atom. The van der Waals surface area contributed by atoms with Crippen LogP contribution >= 0.6 is 7.82 Å². The molecule has 0 saturated carbocycles. The standard InChI is InChI=1S/C25H25FN7O7P/c1-2-21(34)28-16-5-3-4-15(10-16)22-18-13-27-32-24(18)31-25(30-22)29-17-11-19(26)23(33-6-8-38-9-7-33)20(12-17)39-14-40-41(35,36)37/h2-5,10-13H,1,6-9,14H2,(H,28,34)(H2,35,36,37)(H2,27,29,30,31,32). The topological polar surface area (TPSA) is 184 Å². The maximum atomic E-state index is 15.5. The third kappa shape index (κ3) is 6.85. The Hall–Kier alpha value is -4.40. The molecule has 0 atom stereocenters. The van der Waals surface area contributed by atoms with E-state index in [1.54, 1.807) is 35.4 Å². The SMILES string of the molecule is C=CC(=O)Nc1cccc(-c2nc(Nc3cc(F)c(N4CCOCC4)c(OCOP(=O)(O)O)c3)nc3[nH]ncc23)c1. The van der Waals surface area contributed by atoms with Crippen LogP contribution in [-0.4, -0.2) is 69.0 Å². The van der Waals surface area contributed by atoms with E-state index in [4.69, 9.17) is 19.3 Å². The average molecular weight is 585 g/mol. The van der Waals surface area contributed by atoms with Gasteiger partial charge < -0.3 is 34.8 Å². The molecule has 0 unspecified atom stereocenters. The van der Waals surface area contributed by atoms with E-state index in [2.05, 4.69) is 41.9 Å². The minimum absolute atomic E-state index is 0.0173. The summed E-state index contributed by atoms with van der Waals surface area (Å²) < 4.78 is 41.8. The Labute approximate surface area is 232 Å². The van der Waals surface area contributed by atoms with E-state index in [1.165, 1.54) is 12.1 Å². The number of hydrogen-bond donors (Lipinski definition) is 5. The third-order valence-electron chi connectivity index (χ3n) is 5.95. The highest BCUT2D eigenvalue weighted by atomic mass is 31.2. The summed E-state index contributed by atoms with van der Waals surface area (Å²) in [7, 11) is -4.82. The lowest BCUT2D eigenvalue weighted by molar-refractivity contribution is -0.111. The van der Waals surface area contributed by atoms with Crippen molar-refractivity contribution in [2.75, 3.05) is 48.6 Å². The number of amides is 1. The quantitative estimate of drug-likeness (QED) is 0.104. The predicted molar refractivity (Wildman–Crippen MR) is 147 cm³/mol. The van der Waals surface area contributed by atoms with Crippen molar-refractivity contribution in [1.82, 2.24) is 20.2 Å². The number of nitrogens with one attached hydrogen (secondary N) is 3. The second-order valence-corrected chi connectivity index (χ2v) is 9.95. The van der Waals surface area contributed by atoms with Gasteiger partial charge in [0.2, 0.25) is 11.9 Å². The van der Waals surface area contributed by atoms with Crippen molar-refractivity contribution < 1.29 is 37.5 Å². The molecule has 0 spiro atoms. The number of halogens is 1. The van der Waals surface area contributed by atoms with E-state index in [0.29, 0.717) is 54.3 Å². The Bertz CT molecular complexity index is 1640. The van der Waals surface area contributed by atoms with Crippen molar-refractivity contribution in [3.63, 3.8) is 0 Å². The molecule has 5 N–H and O–H groups in total. The van der Waals surface area contributed by atoms with E-state index in [1.807, 2.05) is 0 Å². The largest absolute Gasteiger partial charge is 0.472 e. The minimum Gasteiger partial charge on any atom is -0.465 e. The Balaban J connectivity index is 1.49. The van der Waals surface area contributed by atoms with Crippen molar-refractivity contribution >= 4 is 47.8 Å². The van der Waals surface area contributed by atoms with E-state index >= 15 is 4.39 Å². The first-order chi connectivity index (χ1) is 19.7. The molecule has 214 valence electrons. The zero-order chi connectivity index (χ0) is 29.0. The van der Waals surface area contributed by atoms with Crippen LogP contribution in [0.5, 0.6) is 5.75 Å². The van der Waals surface area contributed by atoms with Crippen LogP contribution in [0.25, 0.3) is 22.3 Å². The van der Waals surface area contributed by atoms with Gasteiger partial charge in [-0.05, 0) is 24.3 Å². The highest BCUT2D eigenvalue weighted by molar-refractivity contribution is 7.46. The number of hydrogen-bond acceptors (Lipinski definition) is 10. The maximum absolute atomic E-state index is 15.5. The fraction of sp³-hybridized carbons (Fsp3) is 0.200. The molecule has 3 heterocycles. The van der Waals surface area contributed by atoms with Crippen molar-refractivity contribution in [2.24, 2.45) is 0 Å². The zero-order valence-electron chi connectivity index (χ0n) is 21.4. The van der Waals surface area contributed by atoms with Crippen LogP contribution in [0, 0.1) is 5.82 Å². The molecule has 1 aliphatic heterocycles. The average Bonchev–Trinajstić information content (AvgIpc) is 3.41.